The predicted octanol–water partition coefficient (Wildman–Crippen LogP) is -45.8. The number of rotatable bonds is 20. The van der Waals surface area contributed by atoms with Gasteiger partial charge < -0.3 is 222 Å². The fourth-order valence-electron chi connectivity index (χ4n) is 10.7. The molecule has 72 heteroatoms. The van der Waals surface area contributed by atoms with Crippen LogP contribution in [-0.2, 0) is 125 Å². The van der Waals surface area contributed by atoms with Gasteiger partial charge in [-0.2, -0.15) is 0 Å². The second-order valence-electron chi connectivity index (χ2n) is 25.8. The normalized spacial score (nSPS) is 34.2. The Labute approximate surface area is 896 Å². The Balaban J connectivity index is -0.000000122. The summed E-state index contributed by atoms with van der Waals surface area (Å²) >= 11 is 0. The average molecular weight is 2040 g/mol. The van der Waals surface area contributed by atoms with Crippen molar-refractivity contribution in [3.63, 3.8) is 0 Å². The van der Waals surface area contributed by atoms with Crippen LogP contribution in [0.15, 0.2) is 0 Å². The summed E-state index contributed by atoms with van der Waals surface area (Å²) in [5.41, 5.74) is 0. The SMILES string of the molecule is C.CC(=O)NC1C(O)C(OS(=O)(=O)[O-])C(CO)O[C@@H]1O.CC(=O)NC1C(O)C(OS(=O)(=O)[O-])C(CO)O[C@@H]1O.CC(=O)NC1COC(CO)C(OS(=O)(=O)[O-])C1O.CC(=O)NC1COC(CO)C(OS(=O)(=O)[O-])C1O.O.O.O=C([O-])[C@@H]1OCC(O)C(O)C1O.O=C([O-])[C@H]1CC(O)C(O)CO1.OC[C@@H]1OCC(O)C(O)C1O.OC[C@H]1CC(O)C(O)CO1.[B].[H-].[Na+].[Na+].[Na+].[Na+].[Na+].[Na+].[Na+]. The van der Waals surface area contributed by atoms with Gasteiger partial charge in [-0.3, -0.25) is 35.9 Å². The number of aliphatic hydroxyl groups excluding tert-OH is 22. The Bertz CT molecular complexity index is 3390. The van der Waals surface area contributed by atoms with Crippen molar-refractivity contribution in [1.29, 1.82) is 0 Å². The number of ether oxygens (including phenoxy) is 8. The molecule has 0 aromatic heterocycles. The zero-order valence-corrected chi connectivity index (χ0v) is 87.8. The standard InChI is InChI=1S/2C8H15NO9S.2C8H15NO8S.C6H10O6.C6H12O5.C6H10O5.C6H12O4.CH4.B.7Na.2H2O.H/c2*1-3(11)9-5-6(12)7(18-19(14,15)16)4(2-10)17-8(5)13;2*1-4(11)9-5-3-16-6(2-10)8(7(5)12)17-18(13,14)15;7-2-1-12-5(6(10)11)4(9)3(2)8;7-1-4-6(10)5(9)3(8)2-11-4;7-3-1-5(6(9)10)11-2-4(3)8;7-2-4-1-5(8)6(9)3-10-4;;;;;;;;;;;;/h2*4-8,10,12-13H,2H2,1H3,(H,9,11)(H,14,15,16);2*5-8,10,12H,2-3H2,1H3,(H,9,11)(H,13,14,15);2-5,7-9H,1H2,(H,10,11);3-10H,1-2H2;3-5,7-8H,1-2H2,(H,9,10);4-9H,1-3H2;1H4;;;;;;;;;2*1H2;/q;;;;;;;;;;7*+1;;;-1/p-6/t2*4?,5?,6?,7?,8-;;;2?,3?,4?,5-;3?,4-,5?,6?;3?,4?,5-;4-,5?,6?;;;;;;;;;;;;/m00..1011............/s1. The molecule has 8 aliphatic heterocycles. The van der Waals surface area contributed by atoms with Crippen LogP contribution in [0.3, 0.4) is 0 Å². The van der Waals surface area contributed by atoms with Crippen molar-refractivity contribution in [2.45, 2.75) is 243 Å². The van der Waals surface area contributed by atoms with Gasteiger partial charge in [0.2, 0.25) is 65.2 Å². The Morgan fingerprint density at radius 1 is 0.341 bits per heavy atom. The number of amides is 4. The molecule has 32 atom stereocenters. The van der Waals surface area contributed by atoms with E-state index in [1.54, 1.807) is 0 Å². The molecule has 60 nitrogen and oxygen atoms in total. The van der Waals surface area contributed by atoms with Crippen LogP contribution in [0.5, 0.6) is 0 Å². The Kier molecular flexibility index (Phi) is 89.3. The molecular formula is C57H107BN4Na7O56S4. The van der Waals surface area contributed by atoms with Crippen LogP contribution in [0.1, 0.15) is 49.4 Å². The molecule has 8 rings (SSSR count). The van der Waals surface area contributed by atoms with Crippen molar-refractivity contribution < 1.29 is 477 Å². The average Bonchev–Trinajstić information content (AvgIpc) is 0.797. The molecule has 129 heavy (non-hydrogen) atoms. The van der Waals surface area contributed by atoms with Gasteiger partial charge in [0, 0.05) is 48.9 Å². The molecule has 3 radical (unpaired) electrons. The number of nitrogens with one attached hydrogen (secondary N) is 4. The number of hydrogen-bond acceptors (Lipinski definition) is 54. The topological polar surface area (TPSA) is 1040 Å². The van der Waals surface area contributed by atoms with E-state index < -0.39 is 293 Å². The molecule has 8 aliphatic rings. The van der Waals surface area contributed by atoms with E-state index in [2.05, 4.69) is 47.5 Å². The first-order chi connectivity index (χ1) is 54.3. The second-order valence-corrected chi connectivity index (χ2v) is 29.8. The van der Waals surface area contributed by atoms with Crippen molar-refractivity contribution in [2.75, 3.05) is 79.3 Å². The minimum absolute atomic E-state index is 0. The molecular weight excluding hydrogens is 1940 g/mol. The minimum atomic E-state index is -5.16. The number of carbonyl (C=O) groups is 6. The van der Waals surface area contributed by atoms with Crippen LogP contribution >= 0.6 is 0 Å². The van der Waals surface area contributed by atoms with E-state index in [4.69, 9.17) is 110 Å². The van der Waals surface area contributed by atoms with E-state index in [1.165, 1.54) is 13.8 Å². The minimum Gasteiger partial charge on any atom is -1.00 e. The van der Waals surface area contributed by atoms with Gasteiger partial charge in [-0.15, -0.1) is 0 Å². The number of carbonyl (C=O) groups excluding carboxylic acids is 6. The first-order valence-electron chi connectivity index (χ1n) is 34.0. The first kappa shape index (κ1) is 154. The van der Waals surface area contributed by atoms with Crippen LogP contribution in [0.2, 0.25) is 0 Å². The van der Waals surface area contributed by atoms with Gasteiger partial charge in [-0.05, 0) is 0 Å². The van der Waals surface area contributed by atoms with Gasteiger partial charge >= 0.3 is 207 Å². The predicted molar refractivity (Wildman–Crippen MR) is 376 cm³/mol. The van der Waals surface area contributed by atoms with Crippen LogP contribution < -0.4 is 238 Å². The molecule has 0 aliphatic carbocycles. The molecule has 30 N–H and O–H groups in total. The van der Waals surface area contributed by atoms with E-state index >= 15 is 0 Å². The molecule has 0 spiro atoms. The van der Waals surface area contributed by atoms with Gasteiger partial charge in [0.15, 0.2) is 12.6 Å². The van der Waals surface area contributed by atoms with Gasteiger partial charge in [0.1, 0.15) is 146 Å². The summed E-state index contributed by atoms with van der Waals surface area (Å²) in [4.78, 5) is 63.9. The quantitative estimate of drug-likeness (QED) is 0.0306. The zero-order valence-electron chi connectivity index (χ0n) is 71.5. The van der Waals surface area contributed by atoms with Crippen LogP contribution in [0.25, 0.3) is 0 Å². The van der Waals surface area contributed by atoms with Crippen molar-refractivity contribution in [2.24, 2.45) is 0 Å². The molecule has 4 amide bonds. The smallest absolute Gasteiger partial charge is 1.00 e. The van der Waals surface area contributed by atoms with Gasteiger partial charge in [0.25, 0.3) is 0 Å². The fraction of sp³-hybridized carbons (Fsp3) is 0.895. The number of aliphatic hydroxyl groups is 22. The third-order valence-electron chi connectivity index (χ3n) is 16.6. The largest absolute Gasteiger partial charge is 1.00 e. The van der Waals surface area contributed by atoms with Crippen LogP contribution in [0.4, 0.5) is 0 Å². The van der Waals surface area contributed by atoms with E-state index in [-0.39, 0.29) is 300 Å². The summed E-state index contributed by atoms with van der Waals surface area (Å²) in [5.74, 6) is -5.14. The van der Waals surface area contributed by atoms with Crippen molar-refractivity contribution in [3.05, 3.63) is 0 Å². The second kappa shape index (κ2) is 74.9. The molecule has 0 bridgehead atoms. The summed E-state index contributed by atoms with van der Waals surface area (Å²) in [5, 5.41) is 230. The number of aliphatic carboxylic acids is 2. The molecule has 8 heterocycles. The van der Waals surface area contributed by atoms with E-state index in [0.717, 1.165) is 13.8 Å². The summed E-state index contributed by atoms with van der Waals surface area (Å²) < 4.78 is 181. The summed E-state index contributed by atoms with van der Waals surface area (Å²) in [7, 11) is -20.5. The van der Waals surface area contributed by atoms with E-state index in [1.807, 2.05) is 0 Å². The van der Waals surface area contributed by atoms with E-state index in [0.29, 0.717) is 6.42 Å². The molecule has 8 fully saturated rings. The maximum Gasteiger partial charge on any atom is 1.00 e. The van der Waals surface area contributed by atoms with Crippen molar-refractivity contribution >= 4 is 85.6 Å². The first-order valence-corrected chi connectivity index (χ1v) is 39.3. The molecule has 725 valence electrons. The Morgan fingerprint density at radius 2 is 0.620 bits per heavy atom. The third kappa shape index (κ3) is 57.8. The van der Waals surface area contributed by atoms with Gasteiger partial charge in [0.05, 0.1) is 128 Å². The van der Waals surface area contributed by atoms with Gasteiger partial charge in [-0.1, -0.05) is 7.43 Å². The molecule has 26 unspecified atom stereocenters. The zero-order chi connectivity index (χ0) is 91.2. The molecule has 0 aromatic carbocycles. The van der Waals surface area contributed by atoms with E-state index in [9.17, 15) is 122 Å². The van der Waals surface area contributed by atoms with Crippen molar-refractivity contribution in [3.8, 4) is 0 Å². The Hall–Kier alpha value is 2.08. The number of carboxylic acid groups (broad SMARTS) is 2. The summed E-state index contributed by atoms with van der Waals surface area (Å²) in [6.07, 6.45) is -36.6. The maximum atomic E-state index is 10.9. The molecule has 0 saturated carbocycles. The van der Waals surface area contributed by atoms with Crippen LogP contribution in [-0.4, -0.2) is 494 Å². The Morgan fingerprint density at radius 3 is 0.891 bits per heavy atom. The monoisotopic (exact) mass is 2040 g/mol. The van der Waals surface area contributed by atoms with Crippen molar-refractivity contribution in [1.82, 2.24) is 21.3 Å². The maximum absolute atomic E-state index is 10.9. The number of hydrogen-bond donors (Lipinski definition) is 26. The van der Waals surface area contributed by atoms with Gasteiger partial charge in [-0.25, -0.2) is 33.7 Å². The summed E-state index contributed by atoms with van der Waals surface area (Å²) in [6.45, 7) is 0.582. The summed E-state index contributed by atoms with van der Waals surface area (Å²) in [6, 6.07) is -4.63. The molecule has 0 aromatic rings. The molecule has 8 saturated heterocycles. The third-order valence-corrected chi connectivity index (χ3v) is 18.4. The van der Waals surface area contributed by atoms with Crippen LogP contribution in [0, 0.1) is 0 Å². The fourth-order valence-corrected chi connectivity index (χ4v) is 12.8. The number of carboxylic acids is 2.